The molecule has 0 spiro atoms. The van der Waals surface area contributed by atoms with Gasteiger partial charge in [-0.25, -0.2) is 17.8 Å². The molecule has 0 fully saturated rings. The molecule has 41 heavy (non-hydrogen) atoms. The largest absolute Gasteiger partial charge is 0.435 e. The Morgan fingerprint density at radius 2 is 1.78 bits per heavy atom. The van der Waals surface area contributed by atoms with E-state index in [2.05, 4.69) is 15.6 Å². The zero-order chi connectivity index (χ0) is 30.2. The molecular weight excluding hydrogens is 565 g/mol. The summed E-state index contributed by atoms with van der Waals surface area (Å²) in [7, 11) is -4.38. The van der Waals surface area contributed by atoms with Gasteiger partial charge in [0, 0.05) is 12.0 Å². The van der Waals surface area contributed by atoms with Crippen molar-refractivity contribution in [1.82, 2.24) is 19.8 Å². The molecule has 3 rings (SSSR count). The average molecular weight is 595 g/mol. The molecule has 0 unspecified atom stereocenters. The van der Waals surface area contributed by atoms with Gasteiger partial charge in [0.1, 0.15) is 11.9 Å². The van der Waals surface area contributed by atoms with Crippen molar-refractivity contribution in [2.45, 2.75) is 56.1 Å². The van der Waals surface area contributed by atoms with Crippen LogP contribution in [0.4, 0.5) is 13.2 Å². The highest BCUT2D eigenvalue weighted by molar-refractivity contribution is 7.90. The van der Waals surface area contributed by atoms with Crippen LogP contribution in [0.25, 0.3) is 16.9 Å². The first-order chi connectivity index (χ1) is 19.4. The summed E-state index contributed by atoms with van der Waals surface area (Å²) in [6.45, 7) is 1.84. The van der Waals surface area contributed by atoms with Crippen molar-refractivity contribution in [2.24, 2.45) is 10.9 Å². The smallest absolute Gasteiger partial charge is 0.409 e. The number of hydrogen-bond donors (Lipinski definition) is 4. The molecule has 1 aromatic heterocycles. The van der Waals surface area contributed by atoms with Crippen LogP contribution in [0.2, 0.25) is 0 Å². The van der Waals surface area contributed by atoms with Gasteiger partial charge < -0.3 is 16.3 Å². The first-order valence-electron chi connectivity index (χ1n) is 12.4. The van der Waals surface area contributed by atoms with Gasteiger partial charge in [-0.05, 0) is 50.1 Å². The number of unbranched alkanes of at least 4 members (excludes halogenated alkanes) is 2. The fraction of sp³-hybridized carbons (Fsp3) is 0.308. The summed E-state index contributed by atoms with van der Waals surface area (Å²) in [5, 5.41) is 17.4. The molecule has 0 aliphatic heterocycles. The van der Waals surface area contributed by atoms with Gasteiger partial charge in [0.25, 0.3) is 15.9 Å². The summed E-state index contributed by atoms with van der Waals surface area (Å²) in [5.41, 5.74) is 5.98. The average Bonchev–Trinajstić information content (AvgIpc) is 3.38. The summed E-state index contributed by atoms with van der Waals surface area (Å²) in [6, 6.07) is 11.4. The number of nitrogens with two attached hydrogens (primary N) is 1. The quantitative estimate of drug-likeness (QED) is 0.0586. The molecule has 5 N–H and O–H groups in total. The summed E-state index contributed by atoms with van der Waals surface area (Å²) in [4.78, 5) is 23.3. The van der Waals surface area contributed by atoms with Crippen LogP contribution in [-0.4, -0.2) is 47.6 Å². The molecular formula is C26H29F3N6O5S. The van der Waals surface area contributed by atoms with Crippen LogP contribution in [0.1, 0.15) is 43.4 Å². The third-order valence-corrected chi connectivity index (χ3v) is 7.48. The highest BCUT2D eigenvalue weighted by Crippen LogP contribution is 2.33. The van der Waals surface area contributed by atoms with Crippen molar-refractivity contribution in [3.8, 4) is 16.9 Å². The molecule has 0 radical (unpaired) electrons. The van der Waals surface area contributed by atoms with Crippen LogP contribution >= 0.6 is 0 Å². The lowest BCUT2D eigenvalue weighted by atomic mass is 10.1. The van der Waals surface area contributed by atoms with Crippen molar-refractivity contribution in [2.75, 3.05) is 0 Å². The zero-order valence-corrected chi connectivity index (χ0v) is 22.7. The lowest BCUT2D eigenvalue weighted by molar-refractivity contribution is -0.141. The fourth-order valence-electron chi connectivity index (χ4n) is 3.93. The maximum Gasteiger partial charge on any atom is 0.435 e. The summed E-state index contributed by atoms with van der Waals surface area (Å²) in [5.74, 6) is -0.900. The van der Waals surface area contributed by atoms with E-state index in [1.54, 1.807) is 24.3 Å². The van der Waals surface area contributed by atoms with Gasteiger partial charge >= 0.3 is 6.18 Å². The number of alkyl halides is 3. The summed E-state index contributed by atoms with van der Waals surface area (Å²) >= 11 is 0. The number of nitrogens with zero attached hydrogens (tertiary/aromatic N) is 3. The van der Waals surface area contributed by atoms with Gasteiger partial charge in [-0.1, -0.05) is 47.8 Å². The molecule has 2 aromatic carbocycles. The SMILES string of the molecule is Cc1ccc(-c2cc(C(F)(F)F)nn2-c2ccc(S(=O)(=O)NC(=O)[C@H](CCCCC/C(N)=N/O)NC=O)cc2)cc1. The number of rotatable bonds is 13. The van der Waals surface area contributed by atoms with Gasteiger partial charge in [0.05, 0.1) is 16.3 Å². The second-order valence-electron chi connectivity index (χ2n) is 9.18. The number of hydrogen-bond acceptors (Lipinski definition) is 7. The first-order valence-corrected chi connectivity index (χ1v) is 13.9. The summed E-state index contributed by atoms with van der Waals surface area (Å²) < 4.78 is 69.1. The minimum absolute atomic E-state index is 0.0575. The molecule has 0 bridgehead atoms. The third-order valence-electron chi connectivity index (χ3n) is 6.11. The highest BCUT2D eigenvalue weighted by Gasteiger charge is 2.35. The van der Waals surface area contributed by atoms with E-state index in [4.69, 9.17) is 10.9 Å². The van der Waals surface area contributed by atoms with Gasteiger partial charge in [-0.3, -0.25) is 9.59 Å². The Labute approximate surface area is 234 Å². The Bertz CT molecular complexity index is 1490. The number of amides is 2. The molecule has 0 aliphatic carbocycles. The Kier molecular flexibility index (Phi) is 10.1. The van der Waals surface area contributed by atoms with E-state index in [0.29, 0.717) is 31.2 Å². The molecule has 11 nitrogen and oxygen atoms in total. The van der Waals surface area contributed by atoms with E-state index in [9.17, 15) is 31.2 Å². The molecule has 2 amide bonds. The minimum atomic E-state index is -4.70. The van der Waals surface area contributed by atoms with E-state index in [1.807, 2.05) is 11.6 Å². The Morgan fingerprint density at radius 1 is 1.12 bits per heavy atom. The van der Waals surface area contributed by atoms with E-state index in [0.717, 1.165) is 28.4 Å². The van der Waals surface area contributed by atoms with Crippen LogP contribution in [-0.2, 0) is 25.8 Å². The molecule has 3 aromatic rings. The lowest BCUT2D eigenvalue weighted by Crippen LogP contribution is -2.45. The van der Waals surface area contributed by atoms with Crippen LogP contribution in [0.3, 0.4) is 0 Å². The molecule has 15 heteroatoms. The van der Waals surface area contributed by atoms with Crippen molar-refractivity contribution in [3.05, 3.63) is 65.9 Å². The van der Waals surface area contributed by atoms with Crippen molar-refractivity contribution in [3.63, 3.8) is 0 Å². The number of benzene rings is 2. The number of halogens is 3. The van der Waals surface area contributed by atoms with E-state index < -0.39 is 33.8 Å². The number of oxime groups is 1. The topological polar surface area (TPSA) is 169 Å². The number of sulfonamides is 1. The second kappa shape index (κ2) is 13.3. The van der Waals surface area contributed by atoms with E-state index in [-0.39, 0.29) is 34.9 Å². The molecule has 220 valence electrons. The zero-order valence-electron chi connectivity index (χ0n) is 21.9. The number of aryl methyl sites for hydroxylation is 1. The molecule has 1 atom stereocenters. The van der Waals surface area contributed by atoms with E-state index >= 15 is 0 Å². The molecule has 0 saturated heterocycles. The van der Waals surface area contributed by atoms with Gasteiger partial charge in [0.15, 0.2) is 5.69 Å². The third kappa shape index (κ3) is 8.30. The highest BCUT2D eigenvalue weighted by atomic mass is 32.2. The van der Waals surface area contributed by atoms with Gasteiger partial charge in [0.2, 0.25) is 6.41 Å². The normalized spacial score (nSPS) is 13.0. The van der Waals surface area contributed by atoms with Crippen molar-refractivity contribution < 1.29 is 36.4 Å². The monoisotopic (exact) mass is 594 g/mol. The molecule has 1 heterocycles. The standard InChI is InChI=1S/C26H29F3N6O5S/c1-17-7-9-18(10-8-17)22-15-23(26(27,28)29)32-35(22)19-11-13-20(14-12-19)41(39,40)34-25(37)21(31-16-36)5-3-2-4-6-24(30)33-38/h7-16,21,38H,2-6H2,1H3,(H2,30,33)(H,31,36)(H,34,37)/t21-/m0/s1. The molecule has 0 aliphatic rings. The number of amidine groups is 1. The Balaban J connectivity index is 1.77. The fourth-order valence-corrected chi connectivity index (χ4v) is 4.95. The van der Waals surface area contributed by atoms with Crippen LogP contribution < -0.4 is 15.8 Å². The van der Waals surface area contributed by atoms with Crippen LogP contribution in [0, 0.1) is 6.92 Å². The first kappa shape index (κ1) is 31.1. The van der Waals surface area contributed by atoms with Gasteiger partial charge in [-0.2, -0.15) is 18.3 Å². The number of aromatic nitrogens is 2. The van der Waals surface area contributed by atoms with Crippen molar-refractivity contribution in [1.29, 1.82) is 0 Å². The summed E-state index contributed by atoms with van der Waals surface area (Å²) in [6.07, 6.45) is -2.37. The predicted molar refractivity (Wildman–Crippen MR) is 144 cm³/mol. The number of nitrogens with one attached hydrogen (secondary N) is 2. The maximum atomic E-state index is 13.5. The predicted octanol–water partition coefficient (Wildman–Crippen LogP) is 3.48. The second-order valence-corrected chi connectivity index (χ2v) is 10.9. The lowest BCUT2D eigenvalue weighted by Gasteiger charge is -2.16. The minimum Gasteiger partial charge on any atom is -0.409 e. The van der Waals surface area contributed by atoms with Crippen LogP contribution in [0.15, 0.2) is 64.6 Å². The maximum absolute atomic E-state index is 13.5. The van der Waals surface area contributed by atoms with Crippen LogP contribution in [0.5, 0.6) is 0 Å². The Hall–Kier alpha value is -4.40. The van der Waals surface area contributed by atoms with Gasteiger partial charge in [-0.15, -0.1) is 0 Å². The Morgan fingerprint density at radius 3 is 2.37 bits per heavy atom. The molecule has 0 saturated carbocycles. The number of carbonyl (C=O) groups is 2. The van der Waals surface area contributed by atoms with E-state index in [1.165, 1.54) is 12.1 Å². The number of carbonyl (C=O) groups excluding carboxylic acids is 2. The van der Waals surface area contributed by atoms with Crippen molar-refractivity contribution >= 4 is 28.2 Å².